The summed E-state index contributed by atoms with van der Waals surface area (Å²) in [5, 5.41) is 11.8. The normalized spacial score (nSPS) is 31.0. The van der Waals surface area contributed by atoms with Gasteiger partial charge in [-0.15, -0.1) is 0 Å². The number of nitrogens with one attached hydrogen (secondary N) is 1. The number of carboxylic acids is 1. The van der Waals surface area contributed by atoms with Crippen LogP contribution in [0.5, 0.6) is 0 Å². The van der Waals surface area contributed by atoms with Crippen LogP contribution in [-0.4, -0.2) is 33.0 Å². The molecule has 0 bridgehead atoms. The molecule has 4 atom stereocenters. The van der Waals surface area contributed by atoms with Gasteiger partial charge in [0.15, 0.2) is 0 Å². The molecule has 6 nitrogen and oxygen atoms in total. The summed E-state index contributed by atoms with van der Waals surface area (Å²) in [7, 11) is 0. The fraction of sp³-hybridized carbons (Fsp3) is 0.429. The van der Waals surface area contributed by atoms with Gasteiger partial charge in [0.05, 0.1) is 11.6 Å². The van der Waals surface area contributed by atoms with E-state index < -0.39 is 5.97 Å². The third kappa shape index (κ3) is 2.84. The number of carbonyl (C=O) groups is 2. The SMILES string of the molecule is O=C(/C=C/c1ccncn1)N[C@H]1C[C@H]1[C@H]1C[C@H]1C(=O)O. The molecule has 20 heavy (non-hydrogen) atoms. The Kier molecular flexibility index (Phi) is 3.22. The van der Waals surface area contributed by atoms with Crippen molar-refractivity contribution in [3.8, 4) is 0 Å². The van der Waals surface area contributed by atoms with Gasteiger partial charge in [-0.05, 0) is 36.8 Å². The molecule has 0 unspecified atom stereocenters. The van der Waals surface area contributed by atoms with Crippen LogP contribution in [-0.2, 0) is 9.59 Å². The maximum absolute atomic E-state index is 11.7. The van der Waals surface area contributed by atoms with E-state index in [-0.39, 0.29) is 23.8 Å². The third-order valence-corrected chi connectivity index (χ3v) is 3.88. The fourth-order valence-corrected chi connectivity index (χ4v) is 2.62. The first-order valence-corrected chi connectivity index (χ1v) is 6.62. The molecule has 6 heteroatoms. The van der Waals surface area contributed by atoms with Crippen molar-refractivity contribution in [2.45, 2.75) is 18.9 Å². The molecule has 1 amide bonds. The zero-order valence-corrected chi connectivity index (χ0v) is 10.8. The van der Waals surface area contributed by atoms with Crippen LogP contribution >= 0.6 is 0 Å². The lowest BCUT2D eigenvalue weighted by Crippen LogP contribution is -2.25. The number of aromatic nitrogens is 2. The van der Waals surface area contributed by atoms with Gasteiger partial charge < -0.3 is 10.4 Å². The Balaban J connectivity index is 1.45. The first kappa shape index (κ1) is 12.8. The van der Waals surface area contributed by atoms with E-state index in [0.29, 0.717) is 11.6 Å². The molecule has 2 aliphatic carbocycles. The molecule has 1 heterocycles. The van der Waals surface area contributed by atoms with Gasteiger partial charge >= 0.3 is 5.97 Å². The average Bonchev–Trinajstić information content (AvgIpc) is 3.30. The van der Waals surface area contributed by atoms with E-state index in [1.807, 2.05) is 0 Å². The van der Waals surface area contributed by atoms with Crippen LogP contribution in [0.3, 0.4) is 0 Å². The van der Waals surface area contributed by atoms with Crippen molar-refractivity contribution in [2.24, 2.45) is 17.8 Å². The molecule has 2 aliphatic rings. The number of nitrogens with zero attached hydrogens (tertiary/aromatic N) is 2. The van der Waals surface area contributed by atoms with E-state index in [1.165, 1.54) is 12.4 Å². The van der Waals surface area contributed by atoms with Crippen molar-refractivity contribution in [3.63, 3.8) is 0 Å². The van der Waals surface area contributed by atoms with Crippen LogP contribution in [0.1, 0.15) is 18.5 Å². The molecule has 0 saturated heterocycles. The van der Waals surface area contributed by atoms with E-state index in [1.54, 1.807) is 18.3 Å². The second-order valence-electron chi connectivity index (χ2n) is 5.33. The molecule has 2 N–H and O–H groups in total. The number of aliphatic carboxylic acids is 1. The molecule has 0 aromatic carbocycles. The standard InChI is InChI=1S/C14H15N3O3/c18-13(2-1-8-3-4-15-7-16-8)17-12-6-10(12)9-5-11(9)14(19)20/h1-4,7,9-12H,5-6H2,(H,17,18)(H,19,20)/b2-1+/t9-,10+,11-,12+/m1/s1. The molecular weight excluding hydrogens is 258 g/mol. The molecule has 104 valence electrons. The number of rotatable bonds is 5. The van der Waals surface area contributed by atoms with E-state index in [9.17, 15) is 9.59 Å². The highest BCUT2D eigenvalue weighted by atomic mass is 16.4. The van der Waals surface area contributed by atoms with Crippen molar-refractivity contribution in [2.75, 3.05) is 0 Å². The van der Waals surface area contributed by atoms with Gasteiger partial charge in [0.25, 0.3) is 0 Å². The lowest BCUT2D eigenvalue weighted by atomic mass is 10.2. The molecule has 3 rings (SSSR count). The third-order valence-electron chi connectivity index (χ3n) is 3.88. The van der Waals surface area contributed by atoms with Crippen molar-refractivity contribution >= 4 is 18.0 Å². The smallest absolute Gasteiger partial charge is 0.306 e. The number of carboxylic acid groups (broad SMARTS) is 1. The van der Waals surface area contributed by atoms with Crippen molar-refractivity contribution in [1.82, 2.24) is 15.3 Å². The Labute approximate surface area is 115 Å². The van der Waals surface area contributed by atoms with E-state index in [2.05, 4.69) is 15.3 Å². The van der Waals surface area contributed by atoms with Crippen LogP contribution in [0.25, 0.3) is 6.08 Å². The average molecular weight is 273 g/mol. The highest BCUT2D eigenvalue weighted by Crippen LogP contribution is 2.54. The molecule has 0 radical (unpaired) electrons. The zero-order chi connectivity index (χ0) is 14.1. The monoisotopic (exact) mass is 273 g/mol. The van der Waals surface area contributed by atoms with Crippen LogP contribution in [0, 0.1) is 17.8 Å². The van der Waals surface area contributed by atoms with E-state index in [0.717, 1.165) is 12.8 Å². The number of carbonyl (C=O) groups excluding carboxylic acids is 1. The fourth-order valence-electron chi connectivity index (χ4n) is 2.62. The summed E-state index contributed by atoms with van der Waals surface area (Å²) in [6.45, 7) is 0. The van der Waals surface area contributed by atoms with Gasteiger partial charge in [0.1, 0.15) is 6.33 Å². The van der Waals surface area contributed by atoms with E-state index >= 15 is 0 Å². The minimum atomic E-state index is -0.712. The van der Waals surface area contributed by atoms with Crippen molar-refractivity contribution in [1.29, 1.82) is 0 Å². The molecule has 0 spiro atoms. The zero-order valence-electron chi connectivity index (χ0n) is 10.8. The summed E-state index contributed by atoms with van der Waals surface area (Å²) in [6, 6.07) is 1.85. The Hall–Kier alpha value is -2.24. The molecule has 1 aromatic rings. The number of hydrogen-bond acceptors (Lipinski definition) is 4. The van der Waals surface area contributed by atoms with Gasteiger partial charge in [-0.2, -0.15) is 0 Å². The number of hydrogen-bond donors (Lipinski definition) is 2. The summed E-state index contributed by atoms with van der Waals surface area (Å²) in [4.78, 5) is 30.3. The summed E-state index contributed by atoms with van der Waals surface area (Å²) >= 11 is 0. The Morgan fingerprint density at radius 3 is 2.85 bits per heavy atom. The quantitative estimate of drug-likeness (QED) is 0.771. The Morgan fingerprint density at radius 1 is 1.35 bits per heavy atom. The van der Waals surface area contributed by atoms with Gasteiger partial charge in [0, 0.05) is 18.3 Å². The Morgan fingerprint density at radius 2 is 2.20 bits per heavy atom. The summed E-state index contributed by atoms with van der Waals surface area (Å²) in [6.07, 6.45) is 7.75. The summed E-state index contributed by atoms with van der Waals surface area (Å²) < 4.78 is 0. The van der Waals surface area contributed by atoms with Gasteiger partial charge in [-0.25, -0.2) is 9.97 Å². The van der Waals surface area contributed by atoms with Crippen LogP contribution in [0.4, 0.5) is 0 Å². The summed E-state index contributed by atoms with van der Waals surface area (Å²) in [5.74, 6) is -0.478. The van der Waals surface area contributed by atoms with Gasteiger partial charge in [0.2, 0.25) is 5.91 Å². The number of amides is 1. The van der Waals surface area contributed by atoms with Gasteiger partial charge in [-0.3, -0.25) is 9.59 Å². The lowest BCUT2D eigenvalue weighted by Gasteiger charge is -2.00. The minimum Gasteiger partial charge on any atom is -0.481 e. The molecular formula is C14H15N3O3. The predicted octanol–water partition coefficient (Wildman–Crippen LogP) is 0.715. The maximum Gasteiger partial charge on any atom is 0.306 e. The van der Waals surface area contributed by atoms with Crippen LogP contribution in [0.2, 0.25) is 0 Å². The second kappa shape index (κ2) is 5.03. The first-order chi connectivity index (χ1) is 9.65. The lowest BCUT2D eigenvalue weighted by molar-refractivity contribution is -0.138. The largest absolute Gasteiger partial charge is 0.481 e. The molecule has 2 fully saturated rings. The molecule has 0 aliphatic heterocycles. The predicted molar refractivity (Wildman–Crippen MR) is 70.3 cm³/mol. The highest BCUT2D eigenvalue weighted by Gasteiger charge is 2.56. The van der Waals surface area contributed by atoms with Crippen LogP contribution < -0.4 is 5.32 Å². The molecule has 1 aromatic heterocycles. The first-order valence-electron chi connectivity index (χ1n) is 6.62. The van der Waals surface area contributed by atoms with Crippen molar-refractivity contribution < 1.29 is 14.7 Å². The van der Waals surface area contributed by atoms with E-state index in [4.69, 9.17) is 5.11 Å². The second-order valence-corrected chi connectivity index (χ2v) is 5.33. The highest BCUT2D eigenvalue weighted by molar-refractivity contribution is 5.91. The van der Waals surface area contributed by atoms with Crippen molar-refractivity contribution in [3.05, 3.63) is 30.4 Å². The maximum atomic E-state index is 11.7. The minimum absolute atomic E-state index is 0.131. The summed E-state index contributed by atoms with van der Waals surface area (Å²) in [5.41, 5.74) is 0.677. The topological polar surface area (TPSA) is 92.2 Å². The molecule has 2 saturated carbocycles. The van der Waals surface area contributed by atoms with Crippen LogP contribution in [0.15, 0.2) is 24.7 Å². The van der Waals surface area contributed by atoms with Gasteiger partial charge in [-0.1, -0.05) is 0 Å². The Bertz CT molecular complexity index is 558.